The van der Waals surface area contributed by atoms with Crippen LogP contribution in [0.15, 0.2) is 65.8 Å². The van der Waals surface area contributed by atoms with Gasteiger partial charge in [-0.25, -0.2) is 5.43 Å². The summed E-state index contributed by atoms with van der Waals surface area (Å²) in [5.41, 5.74) is 4.25. The van der Waals surface area contributed by atoms with Gasteiger partial charge in [0.2, 0.25) is 0 Å². The van der Waals surface area contributed by atoms with Gasteiger partial charge < -0.3 is 14.8 Å². The van der Waals surface area contributed by atoms with Crippen molar-refractivity contribution >= 4 is 28.6 Å². The maximum absolute atomic E-state index is 12.4. The van der Waals surface area contributed by atoms with Gasteiger partial charge in [-0.3, -0.25) is 4.79 Å². The summed E-state index contributed by atoms with van der Waals surface area (Å²) in [5.74, 6) is 1.00. The fourth-order valence-corrected chi connectivity index (χ4v) is 2.85. The Morgan fingerprint density at radius 1 is 1.00 bits per heavy atom. The average Bonchev–Trinajstić information content (AvgIpc) is 2.73. The van der Waals surface area contributed by atoms with Crippen LogP contribution in [0.4, 0.5) is 5.69 Å². The molecule has 0 aliphatic carbocycles. The molecule has 3 aromatic rings. The largest absolute Gasteiger partial charge is 0.493 e. The normalized spacial score (nSPS) is 12.0. The number of rotatable bonds is 7. The number of amides is 1. The molecule has 144 valence electrons. The second-order valence-electron chi connectivity index (χ2n) is 6.24. The number of carbonyl (C=O) groups excluding carboxylic acids is 1. The number of hydrogen-bond acceptors (Lipinski definition) is 5. The van der Waals surface area contributed by atoms with E-state index in [4.69, 9.17) is 9.47 Å². The van der Waals surface area contributed by atoms with Gasteiger partial charge in [0.1, 0.15) is 6.04 Å². The van der Waals surface area contributed by atoms with E-state index < -0.39 is 6.04 Å². The summed E-state index contributed by atoms with van der Waals surface area (Å²) in [4.78, 5) is 12.4. The van der Waals surface area contributed by atoms with E-state index in [1.165, 1.54) is 0 Å². The minimum absolute atomic E-state index is 0.232. The highest BCUT2D eigenvalue weighted by molar-refractivity contribution is 5.96. The molecule has 0 unspecified atom stereocenters. The van der Waals surface area contributed by atoms with E-state index in [0.717, 1.165) is 22.0 Å². The Morgan fingerprint density at radius 3 is 2.54 bits per heavy atom. The van der Waals surface area contributed by atoms with Gasteiger partial charge in [0, 0.05) is 11.1 Å². The molecule has 3 rings (SSSR count). The molecule has 0 bridgehead atoms. The van der Waals surface area contributed by atoms with Gasteiger partial charge in [0.05, 0.1) is 20.4 Å². The predicted molar refractivity (Wildman–Crippen MR) is 112 cm³/mol. The Balaban J connectivity index is 1.63. The van der Waals surface area contributed by atoms with Gasteiger partial charge in [-0.2, -0.15) is 5.10 Å². The molecule has 0 aromatic heterocycles. The van der Waals surface area contributed by atoms with E-state index in [2.05, 4.69) is 15.8 Å². The molecule has 0 heterocycles. The zero-order valence-corrected chi connectivity index (χ0v) is 16.1. The lowest BCUT2D eigenvalue weighted by Crippen LogP contribution is -2.34. The Labute approximate surface area is 164 Å². The van der Waals surface area contributed by atoms with Crippen molar-refractivity contribution in [1.29, 1.82) is 0 Å². The Kier molecular flexibility index (Phi) is 6.11. The second-order valence-corrected chi connectivity index (χ2v) is 6.24. The molecule has 0 aliphatic rings. The lowest BCUT2D eigenvalue weighted by atomic mass is 10.1. The number of methoxy groups -OCH3 is 2. The van der Waals surface area contributed by atoms with Crippen molar-refractivity contribution < 1.29 is 14.3 Å². The fraction of sp³-hybridized carbons (Fsp3) is 0.182. The summed E-state index contributed by atoms with van der Waals surface area (Å²) in [6.45, 7) is 1.79. The second kappa shape index (κ2) is 8.90. The molecular weight excluding hydrogens is 354 g/mol. The van der Waals surface area contributed by atoms with Gasteiger partial charge in [-0.05, 0) is 42.1 Å². The zero-order chi connectivity index (χ0) is 19.9. The highest BCUT2D eigenvalue weighted by Gasteiger charge is 2.13. The molecule has 0 fully saturated rings. The molecule has 1 atom stereocenters. The average molecular weight is 377 g/mol. The van der Waals surface area contributed by atoms with Crippen molar-refractivity contribution in [3.05, 3.63) is 66.2 Å². The molecule has 6 heteroatoms. The van der Waals surface area contributed by atoms with Crippen LogP contribution in [0.3, 0.4) is 0 Å². The topological polar surface area (TPSA) is 72.0 Å². The zero-order valence-electron chi connectivity index (χ0n) is 16.1. The first kappa shape index (κ1) is 19.2. The maximum Gasteiger partial charge on any atom is 0.262 e. The molecule has 0 saturated carbocycles. The van der Waals surface area contributed by atoms with Gasteiger partial charge in [0.25, 0.3) is 5.91 Å². The van der Waals surface area contributed by atoms with Crippen molar-refractivity contribution in [2.45, 2.75) is 13.0 Å². The van der Waals surface area contributed by atoms with Crippen LogP contribution in [0.25, 0.3) is 10.8 Å². The van der Waals surface area contributed by atoms with Crippen LogP contribution in [0.2, 0.25) is 0 Å². The van der Waals surface area contributed by atoms with Crippen LogP contribution in [-0.2, 0) is 4.79 Å². The van der Waals surface area contributed by atoms with Crippen molar-refractivity contribution in [1.82, 2.24) is 5.43 Å². The highest BCUT2D eigenvalue weighted by Crippen LogP contribution is 2.27. The summed E-state index contributed by atoms with van der Waals surface area (Å²) in [5, 5.41) is 9.47. The standard InChI is InChI=1S/C22H23N3O3/c1-15(24-19-10-6-8-17-7-4-5-9-18(17)19)22(26)25-23-14-16-11-12-20(27-2)21(13-16)28-3/h4-15,24H,1-3H3,(H,25,26)/b23-14-/t15-/m1/s1. The first-order chi connectivity index (χ1) is 13.6. The maximum atomic E-state index is 12.4. The Bertz CT molecular complexity index is 996. The number of nitrogens with one attached hydrogen (secondary N) is 2. The molecular formula is C22H23N3O3. The molecule has 0 spiro atoms. The summed E-state index contributed by atoms with van der Waals surface area (Å²) in [7, 11) is 3.15. The van der Waals surface area contributed by atoms with Gasteiger partial charge in [0.15, 0.2) is 11.5 Å². The summed E-state index contributed by atoms with van der Waals surface area (Å²) in [6, 6.07) is 18.9. The van der Waals surface area contributed by atoms with E-state index in [-0.39, 0.29) is 5.91 Å². The smallest absolute Gasteiger partial charge is 0.262 e. The van der Waals surface area contributed by atoms with E-state index >= 15 is 0 Å². The number of nitrogens with zero attached hydrogens (tertiary/aromatic N) is 1. The third kappa shape index (κ3) is 4.40. The summed E-state index contributed by atoms with van der Waals surface area (Å²) in [6.07, 6.45) is 1.56. The molecule has 6 nitrogen and oxygen atoms in total. The molecule has 0 saturated heterocycles. The van der Waals surface area contributed by atoms with E-state index in [1.807, 2.05) is 48.5 Å². The number of benzene rings is 3. The first-order valence-electron chi connectivity index (χ1n) is 8.91. The van der Waals surface area contributed by atoms with Crippen LogP contribution < -0.4 is 20.2 Å². The lowest BCUT2D eigenvalue weighted by molar-refractivity contribution is -0.121. The quantitative estimate of drug-likeness (QED) is 0.485. The number of hydrazone groups is 1. The van der Waals surface area contributed by atoms with Crippen molar-refractivity contribution in [2.75, 3.05) is 19.5 Å². The molecule has 0 radical (unpaired) electrons. The van der Waals surface area contributed by atoms with Crippen LogP contribution >= 0.6 is 0 Å². The van der Waals surface area contributed by atoms with E-state index in [9.17, 15) is 4.79 Å². The SMILES string of the molecule is COc1ccc(/C=N\NC(=O)[C@@H](C)Nc2cccc3ccccc23)cc1OC. The minimum atomic E-state index is -0.451. The lowest BCUT2D eigenvalue weighted by Gasteiger charge is -2.15. The molecule has 3 aromatic carbocycles. The minimum Gasteiger partial charge on any atom is -0.493 e. The molecule has 1 amide bonds. The summed E-state index contributed by atoms with van der Waals surface area (Å²) < 4.78 is 10.5. The molecule has 2 N–H and O–H groups in total. The van der Waals surface area contributed by atoms with E-state index in [1.54, 1.807) is 39.5 Å². The number of hydrogen-bond donors (Lipinski definition) is 2. The molecule has 0 aliphatic heterocycles. The van der Waals surface area contributed by atoms with Gasteiger partial charge in [-0.1, -0.05) is 36.4 Å². The number of anilines is 1. The third-order valence-electron chi connectivity index (χ3n) is 4.35. The van der Waals surface area contributed by atoms with Crippen LogP contribution in [-0.4, -0.2) is 32.4 Å². The van der Waals surface area contributed by atoms with Crippen molar-refractivity contribution in [3.8, 4) is 11.5 Å². The van der Waals surface area contributed by atoms with E-state index in [0.29, 0.717) is 11.5 Å². The number of fused-ring (bicyclic) bond motifs is 1. The number of carbonyl (C=O) groups is 1. The summed E-state index contributed by atoms with van der Waals surface area (Å²) >= 11 is 0. The fourth-order valence-electron chi connectivity index (χ4n) is 2.85. The van der Waals surface area contributed by atoms with Crippen LogP contribution in [0, 0.1) is 0 Å². The third-order valence-corrected chi connectivity index (χ3v) is 4.35. The predicted octanol–water partition coefficient (Wildman–Crippen LogP) is 3.81. The highest BCUT2D eigenvalue weighted by atomic mass is 16.5. The monoisotopic (exact) mass is 377 g/mol. The van der Waals surface area contributed by atoms with Crippen LogP contribution in [0.5, 0.6) is 11.5 Å². The Morgan fingerprint density at radius 2 is 1.75 bits per heavy atom. The van der Waals surface area contributed by atoms with Gasteiger partial charge >= 0.3 is 0 Å². The van der Waals surface area contributed by atoms with Crippen molar-refractivity contribution in [2.24, 2.45) is 5.10 Å². The molecule has 28 heavy (non-hydrogen) atoms. The van der Waals surface area contributed by atoms with Crippen LogP contribution in [0.1, 0.15) is 12.5 Å². The Hall–Kier alpha value is -3.54. The van der Waals surface area contributed by atoms with Gasteiger partial charge in [-0.15, -0.1) is 0 Å². The number of ether oxygens (including phenoxy) is 2. The van der Waals surface area contributed by atoms with Crippen molar-refractivity contribution in [3.63, 3.8) is 0 Å². The first-order valence-corrected chi connectivity index (χ1v) is 8.91.